The van der Waals surface area contributed by atoms with E-state index in [9.17, 15) is 0 Å². The van der Waals surface area contributed by atoms with Crippen LogP contribution in [0.15, 0.2) is 24.3 Å². The van der Waals surface area contributed by atoms with Crippen LogP contribution < -0.4 is 10.1 Å². The topological polar surface area (TPSA) is 30.5 Å². The molecular formula is C15H23NO2. The number of nitrogens with one attached hydrogen (secondary N) is 1. The van der Waals surface area contributed by atoms with E-state index in [-0.39, 0.29) is 0 Å². The highest BCUT2D eigenvalue weighted by Crippen LogP contribution is 2.19. The average Bonchev–Trinajstić information content (AvgIpc) is 2.39. The largest absolute Gasteiger partial charge is 0.497 e. The second kappa shape index (κ2) is 6.76. The van der Waals surface area contributed by atoms with Crippen LogP contribution in [-0.2, 0) is 11.3 Å². The highest BCUT2D eigenvalue weighted by molar-refractivity contribution is 5.28. The quantitative estimate of drug-likeness (QED) is 0.870. The van der Waals surface area contributed by atoms with Crippen LogP contribution in [0.25, 0.3) is 0 Å². The van der Waals surface area contributed by atoms with Crippen molar-refractivity contribution in [2.75, 3.05) is 20.3 Å². The van der Waals surface area contributed by atoms with Crippen molar-refractivity contribution in [3.05, 3.63) is 29.8 Å². The maximum absolute atomic E-state index is 5.56. The Labute approximate surface area is 109 Å². The van der Waals surface area contributed by atoms with Gasteiger partial charge in [-0.05, 0) is 49.9 Å². The van der Waals surface area contributed by atoms with Crippen molar-refractivity contribution in [1.82, 2.24) is 5.32 Å². The van der Waals surface area contributed by atoms with E-state index in [1.165, 1.54) is 18.4 Å². The zero-order valence-corrected chi connectivity index (χ0v) is 11.3. The van der Waals surface area contributed by atoms with Gasteiger partial charge in [0, 0.05) is 13.2 Å². The van der Waals surface area contributed by atoms with Gasteiger partial charge in [0.2, 0.25) is 0 Å². The van der Waals surface area contributed by atoms with Gasteiger partial charge in [-0.2, -0.15) is 0 Å². The minimum atomic E-state index is 0.419. The van der Waals surface area contributed by atoms with Gasteiger partial charge in [0.15, 0.2) is 0 Å². The van der Waals surface area contributed by atoms with E-state index in [1.807, 2.05) is 12.1 Å². The lowest BCUT2D eigenvalue weighted by atomic mass is 9.96. The Morgan fingerprint density at radius 2 is 2.33 bits per heavy atom. The molecule has 0 unspecified atom stereocenters. The van der Waals surface area contributed by atoms with Crippen LogP contribution in [0.3, 0.4) is 0 Å². The Hall–Kier alpha value is -1.06. The minimum Gasteiger partial charge on any atom is -0.497 e. The first kappa shape index (κ1) is 13.4. The molecule has 0 bridgehead atoms. The lowest BCUT2D eigenvalue weighted by Gasteiger charge is -2.27. The van der Waals surface area contributed by atoms with Gasteiger partial charge in [-0.25, -0.2) is 0 Å². The molecule has 1 aromatic carbocycles. The molecule has 0 aromatic heterocycles. The number of benzene rings is 1. The summed E-state index contributed by atoms with van der Waals surface area (Å²) >= 11 is 0. The van der Waals surface area contributed by atoms with E-state index in [4.69, 9.17) is 9.47 Å². The summed E-state index contributed by atoms with van der Waals surface area (Å²) in [4.78, 5) is 0. The minimum absolute atomic E-state index is 0.419. The van der Waals surface area contributed by atoms with Crippen molar-refractivity contribution in [3.8, 4) is 5.75 Å². The summed E-state index contributed by atoms with van der Waals surface area (Å²) in [7, 11) is 1.70. The molecule has 18 heavy (non-hydrogen) atoms. The maximum Gasteiger partial charge on any atom is 0.119 e. The van der Waals surface area contributed by atoms with Gasteiger partial charge in [0.05, 0.1) is 13.2 Å². The van der Waals surface area contributed by atoms with Gasteiger partial charge in [-0.3, -0.25) is 0 Å². The Balaban J connectivity index is 1.74. The molecule has 1 N–H and O–H groups in total. The summed E-state index contributed by atoms with van der Waals surface area (Å²) in [6, 6.07) is 8.22. The fourth-order valence-electron chi connectivity index (χ4n) is 2.48. The maximum atomic E-state index is 5.56. The summed E-state index contributed by atoms with van der Waals surface area (Å²) in [5.74, 6) is 1.67. The number of hydrogen-bond donors (Lipinski definition) is 1. The molecule has 2 rings (SSSR count). The summed E-state index contributed by atoms with van der Waals surface area (Å²) in [6.07, 6.45) is 2.77. The Morgan fingerprint density at radius 3 is 3.11 bits per heavy atom. The summed E-state index contributed by atoms with van der Waals surface area (Å²) < 4.78 is 10.8. The first-order valence-electron chi connectivity index (χ1n) is 6.73. The van der Waals surface area contributed by atoms with E-state index in [1.54, 1.807) is 7.11 Å². The molecule has 1 aliphatic rings. The number of ether oxygens (including phenoxy) is 2. The zero-order valence-electron chi connectivity index (χ0n) is 11.3. The van der Waals surface area contributed by atoms with Gasteiger partial charge in [-0.15, -0.1) is 0 Å². The lowest BCUT2D eigenvalue weighted by Crippen LogP contribution is -2.30. The van der Waals surface area contributed by atoms with Crippen molar-refractivity contribution in [3.63, 3.8) is 0 Å². The summed E-state index contributed by atoms with van der Waals surface area (Å²) in [5, 5.41) is 3.53. The molecule has 3 nitrogen and oxygen atoms in total. The van der Waals surface area contributed by atoms with Crippen molar-refractivity contribution in [1.29, 1.82) is 0 Å². The van der Waals surface area contributed by atoms with Crippen LogP contribution in [0.4, 0.5) is 0 Å². The molecule has 1 aliphatic heterocycles. The molecule has 1 aromatic rings. The van der Waals surface area contributed by atoms with Crippen molar-refractivity contribution in [2.24, 2.45) is 5.92 Å². The van der Waals surface area contributed by atoms with E-state index in [0.717, 1.165) is 31.4 Å². The third kappa shape index (κ3) is 4.00. The molecular weight excluding hydrogens is 226 g/mol. The van der Waals surface area contributed by atoms with Gasteiger partial charge in [0.1, 0.15) is 5.75 Å². The second-order valence-electron chi connectivity index (χ2n) is 5.05. The van der Waals surface area contributed by atoms with E-state index in [0.29, 0.717) is 6.10 Å². The Morgan fingerprint density at radius 1 is 1.44 bits per heavy atom. The van der Waals surface area contributed by atoms with Crippen LogP contribution >= 0.6 is 0 Å². The van der Waals surface area contributed by atoms with Crippen molar-refractivity contribution >= 4 is 0 Å². The molecule has 0 saturated carbocycles. The number of hydrogen-bond acceptors (Lipinski definition) is 3. The van der Waals surface area contributed by atoms with E-state index < -0.39 is 0 Å². The lowest BCUT2D eigenvalue weighted by molar-refractivity contribution is 0.00289. The molecule has 100 valence electrons. The van der Waals surface area contributed by atoms with Gasteiger partial charge >= 0.3 is 0 Å². The van der Waals surface area contributed by atoms with Crippen LogP contribution in [-0.4, -0.2) is 26.4 Å². The second-order valence-corrected chi connectivity index (χ2v) is 5.05. The highest BCUT2D eigenvalue weighted by Gasteiger charge is 2.18. The third-order valence-corrected chi connectivity index (χ3v) is 3.49. The monoisotopic (exact) mass is 249 g/mol. The summed E-state index contributed by atoms with van der Waals surface area (Å²) in [5.41, 5.74) is 1.27. The fraction of sp³-hybridized carbons (Fsp3) is 0.600. The Bertz CT molecular complexity index is 367. The molecule has 2 atom stereocenters. The zero-order chi connectivity index (χ0) is 12.8. The van der Waals surface area contributed by atoms with Gasteiger partial charge in [-0.1, -0.05) is 12.1 Å². The SMILES string of the molecule is COc1cccc(CNC[C@@H]2CCO[C@H](C)C2)c1. The van der Waals surface area contributed by atoms with Crippen LogP contribution in [0, 0.1) is 5.92 Å². The van der Waals surface area contributed by atoms with E-state index >= 15 is 0 Å². The predicted molar refractivity (Wildman–Crippen MR) is 72.8 cm³/mol. The van der Waals surface area contributed by atoms with Crippen molar-refractivity contribution < 1.29 is 9.47 Å². The molecule has 1 fully saturated rings. The van der Waals surface area contributed by atoms with Crippen LogP contribution in [0.1, 0.15) is 25.3 Å². The first-order valence-corrected chi connectivity index (χ1v) is 6.73. The number of methoxy groups -OCH3 is 1. The molecule has 0 amide bonds. The van der Waals surface area contributed by atoms with Crippen LogP contribution in [0.2, 0.25) is 0 Å². The third-order valence-electron chi connectivity index (χ3n) is 3.49. The molecule has 1 heterocycles. The highest BCUT2D eigenvalue weighted by atomic mass is 16.5. The standard InChI is InChI=1S/C15H23NO2/c1-12-8-14(6-7-18-12)11-16-10-13-4-3-5-15(9-13)17-2/h3-5,9,12,14,16H,6-8,10-11H2,1-2H3/t12-,14-/m1/s1. The Kier molecular flexibility index (Phi) is 5.02. The molecule has 1 saturated heterocycles. The molecule has 0 spiro atoms. The molecule has 0 radical (unpaired) electrons. The first-order chi connectivity index (χ1) is 8.78. The normalized spacial score (nSPS) is 23.9. The predicted octanol–water partition coefficient (Wildman–Crippen LogP) is 2.60. The van der Waals surface area contributed by atoms with Gasteiger partial charge in [0.25, 0.3) is 0 Å². The number of rotatable bonds is 5. The smallest absolute Gasteiger partial charge is 0.119 e. The van der Waals surface area contributed by atoms with E-state index in [2.05, 4.69) is 24.4 Å². The molecule has 0 aliphatic carbocycles. The summed E-state index contributed by atoms with van der Waals surface area (Å²) in [6.45, 7) is 5.05. The van der Waals surface area contributed by atoms with Gasteiger partial charge < -0.3 is 14.8 Å². The van der Waals surface area contributed by atoms with Crippen LogP contribution in [0.5, 0.6) is 5.75 Å². The average molecular weight is 249 g/mol. The van der Waals surface area contributed by atoms with Crippen molar-refractivity contribution in [2.45, 2.75) is 32.4 Å². The fourth-order valence-corrected chi connectivity index (χ4v) is 2.48. The molecule has 3 heteroatoms.